The van der Waals surface area contributed by atoms with Crippen LogP contribution in [0.2, 0.25) is 20.1 Å². The zero-order valence-electron chi connectivity index (χ0n) is 9.23. The van der Waals surface area contributed by atoms with Crippen molar-refractivity contribution in [1.82, 2.24) is 0 Å². The lowest BCUT2D eigenvalue weighted by molar-refractivity contribution is 0.151. The van der Waals surface area contributed by atoms with Gasteiger partial charge in [0.05, 0.1) is 15.1 Å². The molecule has 0 atom stereocenters. The standard InChI is InChI=1S/C13H6Cl4F2/c14-9-3-6(1-2-7(9)13(18)19)8-4-11(16)12(17)5-10(8)15/h1-5,13H. The Morgan fingerprint density at radius 3 is 1.95 bits per heavy atom. The van der Waals surface area contributed by atoms with Crippen molar-refractivity contribution in [2.24, 2.45) is 0 Å². The minimum atomic E-state index is -2.62. The molecule has 0 saturated heterocycles. The van der Waals surface area contributed by atoms with Crippen molar-refractivity contribution in [2.45, 2.75) is 6.43 Å². The Morgan fingerprint density at radius 2 is 1.37 bits per heavy atom. The van der Waals surface area contributed by atoms with Crippen LogP contribution in [-0.2, 0) is 0 Å². The smallest absolute Gasteiger partial charge is 0.205 e. The molecule has 0 saturated carbocycles. The molecule has 0 unspecified atom stereocenters. The Hall–Kier alpha value is -0.540. The van der Waals surface area contributed by atoms with E-state index in [4.69, 9.17) is 46.4 Å². The molecule has 0 aliphatic heterocycles. The van der Waals surface area contributed by atoms with Crippen LogP contribution in [0, 0.1) is 0 Å². The Bertz CT molecular complexity index is 626. The third-order valence-corrected chi connectivity index (χ3v) is 3.92. The Morgan fingerprint density at radius 1 is 0.737 bits per heavy atom. The fourth-order valence-electron chi connectivity index (χ4n) is 1.62. The third-order valence-electron chi connectivity index (χ3n) is 2.56. The first-order valence-corrected chi connectivity index (χ1v) is 6.64. The second-order valence-corrected chi connectivity index (χ2v) is 5.41. The molecule has 0 bridgehead atoms. The largest absolute Gasteiger partial charge is 0.265 e. The van der Waals surface area contributed by atoms with Gasteiger partial charge in [-0.25, -0.2) is 8.78 Å². The molecule has 2 aromatic rings. The van der Waals surface area contributed by atoms with Gasteiger partial charge in [0.2, 0.25) is 0 Å². The van der Waals surface area contributed by atoms with E-state index < -0.39 is 6.43 Å². The minimum Gasteiger partial charge on any atom is -0.205 e. The summed E-state index contributed by atoms with van der Waals surface area (Å²) >= 11 is 23.6. The van der Waals surface area contributed by atoms with Gasteiger partial charge in [0, 0.05) is 16.1 Å². The molecule has 0 N–H and O–H groups in total. The summed E-state index contributed by atoms with van der Waals surface area (Å²) < 4.78 is 25.2. The lowest BCUT2D eigenvalue weighted by Crippen LogP contribution is -1.88. The van der Waals surface area contributed by atoms with E-state index in [1.165, 1.54) is 24.3 Å². The van der Waals surface area contributed by atoms with Crippen LogP contribution < -0.4 is 0 Å². The van der Waals surface area contributed by atoms with Gasteiger partial charge in [0.15, 0.2) is 0 Å². The summed E-state index contributed by atoms with van der Waals surface area (Å²) in [6.07, 6.45) is -2.62. The first kappa shape index (κ1) is 14.9. The summed E-state index contributed by atoms with van der Waals surface area (Å²) in [5, 5.41) is 1.01. The van der Waals surface area contributed by atoms with Crippen molar-refractivity contribution in [2.75, 3.05) is 0 Å². The molecule has 0 amide bonds. The van der Waals surface area contributed by atoms with Crippen LogP contribution in [-0.4, -0.2) is 0 Å². The maximum absolute atomic E-state index is 12.6. The van der Waals surface area contributed by atoms with Gasteiger partial charge in [-0.1, -0.05) is 58.5 Å². The van der Waals surface area contributed by atoms with Crippen LogP contribution in [0.1, 0.15) is 12.0 Å². The van der Waals surface area contributed by atoms with Gasteiger partial charge < -0.3 is 0 Å². The zero-order chi connectivity index (χ0) is 14.2. The van der Waals surface area contributed by atoms with Crippen molar-refractivity contribution in [3.05, 3.63) is 56.0 Å². The predicted molar refractivity (Wildman–Crippen MR) is 76.9 cm³/mol. The molecule has 2 rings (SSSR count). The Labute approximate surface area is 128 Å². The highest BCUT2D eigenvalue weighted by molar-refractivity contribution is 6.44. The monoisotopic (exact) mass is 340 g/mol. The molecule has 0 aliphatic rings. The molecule has 6 heteroatoms. The molecule has 0 heterocycles. The molecule has 2 aromatic carbocycles. The van der Waals surface area contributed by atoms with Gasteiger partial charge in [0.1, 0.15) is 0 Å². The average molecular weight is 342 g/mol. The molecule has 0 fully saturated rings. The molecule has 0 aliphatic carbocycles. The second kappa shape index (κ2) is 5.84. The average Bonchev–Trinajstić information content (AvgIpc) is 2.33. The van der Waals surface area contributed by atoms with E-state index >= 15 is 0 Å². The van der Waals surface area contributed by atoms with E-state index in [0.717, 1.165) is 0 Å². The van der Waals surface area contributed by atoms with Gasteiger partial charge in [-0.3, -0.25) is 0 Å². The highest BCUT2D eigenvalue weighted by atomic mass is 35.5. The molecule has 0 spiro atoms. The van der Waals surface area contributed by atoms with Gasteiger partial charge in [0.25, 0.3) is 6.43 Å². The topological polar surface area (TPSA) is 0 Å². The second-order valence-electron chi connectivity index (χ2n) is 3.78. The number of halogens is 6. The van der Waals surface area contributed by atoms with Crippen LogP contribution in [0.25, 0.3) is 11.1 Å². The normalized spacial score (nSPS) is 11.1. The summed E-state index contributed by atoms with van der Waals surface area (Å²) in [6, 6.07) is 7.27. The summed E-state index contributed by atoms with van der Waals surface area (Å²) in [5.41, 5.74) is 0.957. The lowest BCUT2D eigenvalue weighted by Gasteiger charge is -2.09. The molecule has 0 radical (unpaired) electrons. The highest BCUT2D eigenvalue weighted by Crippen LogP contribution is 2.37. The quantitative estimate of drug-likeness (QED) is 0.521. The van der Waals surface area contributed by atoms with Crippen LogP contribution >= 0.6 is 46.4 Å². The predicted octanol–water partition coefficient (Wildman–Crippen LogP) is 6.90. The van der Waals surface area contributed by atoms with Crippen molar-refractivity contribution in [3.8, 4) is 11.1 Å². The fraction of sp³-hybridized carbons (Fsp3) is 0.0769. The van der Waals surface area contributed by atoms with E-state index in [2.05, 4.69) is 0 Å². The van der Waals surface area contributed by atoms with E-state index in [0.29, 0.717) is 26.2 Å². The van der Waals surface area contributed by atoms with E-state index in [1.54, 1.807) is 6.07 Å². The maximum Gasteiger partial charge on any atom is 0.265 e. The first-order chi connectivity index (χ1) is 8.90. The van der Waals surface area contributed by atoms with Gasteiger partial charge in [-0.15, -0.1) is 0 Å². The maximum atomic E-state index is 12.6. The van der Waals surface area contributed by atoms with Crippen LogP contribution in [0.3, 0.4) is 0 Å². The van der Waals surface area contributed by atoms with Crippen molar-refractivity contribution in [1.29, 1.82) is 0 Å². The molecule has 0 nitrogen and oxygen atoms in total. The van der Waals surface area contributed by atoms with E-state index in [9.17, 15) is 8.78 Å². The number of rotatable bonds is 2. The summed E-state index contributed by atoms with van der Waals surface area (Å²) in [7, 11) is 0. The lowest BCUT2D eigenvalue weighted by atomic mass is 10.0. The fourth-order valence-corrected chi connectivity index (χ4v) is 2.53. The third kappa shape index (κ3) is 3.14. The number of benzene rings is 2. The highest BCUT2D eigenvalue weighted by Gasteiger charge is 2.14. The molecule has 19 heavy (non-hydrogen) atoms. The summed E-state index contributed by atoms with van der Waals surface area (Å²) in [6.45, 7) is 0. The van der Waals surface area contributed by atoms with Gasteiger partial charge >= 0.3 is 0 Å². The number of hydrogen-bond donors (Lipinski definition) is 0. The van der Waals surface area contributed by atoms with Gasteiger partial charge in [-0.2, -0.15) is 0 Å². The van der Waals surface area contributed by atoms with Crippen molar-refractivity contribution < 1.29 is 8.78 Å². The summed E-state index contributed by atoms with van der Waals surface area (Å²) in [5.74, 6) is 0. The summed E-state index contributed by atoms with van der Waals surface area (Å²) in [4.78, 5) is 0. The minimum absolute atomic E-state index is 0.0189. The molecular formula is C13H6Cl4F2. The van der Waals surface area contributed by atoms with Crippen LogP contribution in [0.15, 0.2) is 30.3 Å². The van der Waals surface area contributed by atoms with E-state index in [-0.39, 0.29) is 10.6 Å². The van der Waals surface area contributed by atoms with Crippen molar-refractivity contribution >= 4 is 46.4 Å². The van der Waals surface area contributed by atoms with Crippen molar-refractivity contribution in [3.63, 3.8) is 0 Å². The molecule has 100 valence electrons. The van der Waals surface area contributed by atoms with Crippen LogP contribution in [0.4, 0.5) is 8.78 Å². The Kier molecular flexibility index (Phi) is 4.57. The van der Waals surface area contributed by atoms with Crippen LogP contribution in [0.5, 0.6) is 0 Å². The zero-order valence-corrected chi connectivity index (χ0v) is 12.3. The Balaban J connectivity index is 2.54. The van der Waals surface area contributed by atoms with Gasteiger partial charge in [-0.05, 0) is 23.8 Å². The first-order valence-electron chi connectivity index (χ1n) is 5.12. The number of alkyl halides is 2. The molecular weight excluding hydrogens is 336 g/mol. The number of hydrogen-bond acceptors (Lipinski definition) is 0. The van der Waals surface area contributed by atoms with E-state index in [1.807, 2.05) is 0 Å². The molecule has 0 aromatic heterocycles. The SMILES string of the molecule is FC(F)c1ccc(-c2cc(Cl)c(Cl)cc2Cl)cc1Cl.